The van der Waals surface area contributed by atoms with Gasteiger partial charge in [0, 0.05) is 37.9 Å². The van der Waals surface area contributed by atoms with Gasteiger partial charge in [-0.05, 0) is 25.0 Å². The van der Waals surface area contributed by atoms with Gasteiger partial charge in [-0.3, -0.25) is 9.10 Å². The second-order valence-corrected chi connectivity index (χ2v) is 8.16. The number of methoxy groups -OCH3 is 1. The van der Waals surface area contributed by atoms with Crippen molar-refractivity contribution < 1.29 is 17.9 Å². The first-order valence-electron chi connectivity index (χ1n) is 9.21. The van der Waals surface area contributed by atoms with E-state index in [9.17, 15) is 13.2 Å². The molecule has 7 heteroatoms. The van der Waals surface area contributed by atoms with E-state index in [-0.39, 0.29) is 11.4 Å². The van der Waals surface area contributed by atoms with Gasteiger partial charge in [-0.15, -0.1) is 0 Å². The Hall–Kier alpha value is -2.64. The number of carbonyl (C=O) groups excluding carboxylic acids is 1. The van der Waals surface area contributed by atoms with Crippen LogP contribution < -0.4 is 9.62 Å². The molecule has 0 saturated heterocycles. The molecule has 1 amide bonds. The number of para-hydroxylation sites is 1. The zero-order valence-corrected chi connectivity index (χ0v) is 16.8. The van der Waals surface area contributed by atoms with E-state index in [1.54, 1.807) is 26.2 Å². The molecule has 0 spiro atoms. The largest absolute Gasteiger partial charge is 0.385 e. The first-order valence-corrected chi connectivity index (χ1v) is 10.6. The number of ether oxygens (including phenoxy) is 1. The summed E-state index contributed by atoms with van der Waals surface area (Å²) in [5.74, 6) is -0.595. The lowest BCUT2D eigenvalue weighted by atomic mass is 9.95. The number of hydrogen-bond donors (Lipinski definition) is 1. The Bertz CT molecular complexity index is 984. The van der Waals surface area contributed by atoms with Gasteiger partial charge in [0.25, 0.3) is 15.9 Å². The van der Waals surface area contributed by atoms with Crippen LogP contribution in [0.1, 0.15) is 24.5 Å². The van der Waals surface area contributed by atoms with Crippen molar-refractivity contribution >= 4 is 27.2 Å². The van der Waals surface area contributed by atoms with E-state index in [1.807, 2.05) is 42.5 Å². The standard InChI is InChI=1S/C21H24N2O4S/c1-3-23-18-13-8-7-12-17(18)19(16-10-5-4-6-11-16)20(28(23,25)26)21(24)22-14-9-15-27-2/h4-8,10-13H,3,9,14-15H2,1-2H3,(H,22,24). The normalized spacial score (nSPS) is 15.3. The van der Waals surface area contributed by atoms with Crippen LogP contribution in [0.3, 0.4) is 0 Å². The molecule has 2 aromatic carbocycles. The number of nitrogens with one attached hydrogen (secondary N) is 1. The predicted octanol–water partition coefficient (Wildman–Crippen LogP) is 2.77. The lowest BCUT2D eigenvalue weighted by Crippen LogP contribution is -2.41. The first kappa shape index (κ1) is 20.1. The zero-order chi connectivity index (χ0) is 20.1. The molecule has 0 bridgehead atoms. The van der Waals surface area contributed by atoms with Crippen LogP contribution in [0.2, 0.25) is 0 Å². The molecule has 2 aromatic rings. The van der Waals surface area contributed by atoms with Crippen LogP contribution in [0.15, 0.2) is 59.5 Å². The number of rotatable bonds is 7. The number of anilines is 1. The van der Waals surface area contributed by atoms with Crippen LogP contribution in [-0.4, -0.2) is 41.1 Å². The third kappa shape index (κ3) is 3.68. The summed E-state index contributed by atoms with van der Waals surface area (Å²) in [7, 11) is -2.41. The van der Waals surface area contributed by atoms with E-state index in [4.69, 9.17) is 4.74 Å². The Kier molecular flexibility index (Phi) is 6.16. The Morgan fingerprint density at radius 1 is 1.07 bits per heavy atom. The maximum Gasteiger partial charge on any atom is 0.270 e. The van der Waals surface area contributed by atoms with Crippen LogP contribution in [0.4, 0.5) is 5.69 Å². The van der Waals surface area contributed by atoms with E-state index in [0.29, 0.717) is 36.4 Å². The molecule has 3 rings (SSSR count). The van der Waals surface area contributed by atoms with Crippen molar-refractivity contribution in [2.24, 2.45) is 0 Å². The number of carbonyl (C=O) groups is 1. The summed E-state index contributed by atoms with van der Waals surface area (Å²) in [6, 6.07) is 16.4. The fraction of sp³-hybridized carbons (Fsp3) is 0.286. The summed E-state index contributed by atoms with van der Waals surface area (Å²) in [4.78, 5) is 12.8. The van der Waals surface area contributed by atoms with Crippen molar-refractivity contribution in [3.63, 3.8) is 0 Å². The number of sulfonamides is 1. The minimum absolute atomic E-state index is 0.211. The highest BCUT2D eigenvalue weighted by molar-refractivity contribution is 7.97. The van der Waals surface area contributed by atoms with Crippen LogP contribution in [0.25, 0.3) is 5.57 Å². The quantitative estimate of drug-likeness (QED) is 0.725. The molecule has 0 radical (unpaired) electrons. The summed E-state index contributed by atoms with van der Waals surface area (Å²) >= 11 is 0. The highest BCUT2D eigenvalue weighted by atomic mass is 32.2. The zero-order valence-electron chi connectivity index (χ0n) is 16.0. The molecule has 1 aliphatic heterocycles. The number of hydrogen-bond acceptors (Lipinski definition) is 4. The van der Waals surface area contributed by atoms with Crippen molar-refractivity contribution in [1.82, 2.24) is 5.32 Å². The minimum atomic E-state index is -4.00. The average molecular weight is 401 g/mol. The molecule has 0 atom stereocenters. The van der Waals surface area contributed by atoms with E-state index < -0.39 is 15.9 Å². The Labute approximate surface area is 165 Å². The van der Waals surface area contributed by atoms with Gasteiger partial charge in [0.1, 0.15) is 0 Å². The van der Waals surface area contributed by atoms with E-state index >= 15 is 0 Å². The maximum atomic E-state index is 13.4. The second-order valence-electron chi connectivity index (χ2n) is 6.36. The number of benzene rings is 2. The minimum Gasteiger partial charge on any atom is -0.385 e. The monoisotopic (exact) mass is 400 g/mol. The van der Waals surface area contributed by atoms with Crippen LogP contribution in [-0.2, 0) is 19.6 Å². The SMILES string of the molecule is CCN1c2ccccc2C(c2ccccc2)=C(C(=O)NCCCOC)S1(=O)=O. The van der Waals surface area contributed by atoms with Gasteiger partial charge in [-0.25, -0.2) is 8.42 Å². The first-order chi connectivity index (χ1) is 13.5. The summed E-state index contributed by atoms with van der Waals surface area (Å²) in [5, 5.41) is 2.74. The van der Waals surface area contributed by atoms with Crippen molar-refractivity contribution in [3.05, 3.63) is 70.6 Å². The summed E-state index contributed by atoms with van der Waals surface area (Å²) in [5.41, 5.74) is 2.44. The van der Waals surface area contributed by atoms with Crippen LogP contribution >= 0.6 is 0 Å². The molecule has 1 N–H and O–H groups in total. The van der Waals surface area contributed by atoms with Crippen LogP contribution in [0.5, 0.6) is 0 Å². The summed E-state index contributed by atoms with van der Waals surface area (Å²) < 4.78 is 33.1. The molecule has 0 aromatic heterocycles. The Morgan fingerprint density at radius 2 is 1.75 bits per heavy atom. The van der Waals surface area contributed by atoms with Gasteiger partial charge in [-0.2, -0.15) is 0 Å². The van der Waals surface area contributed by atoms with E-state index in [0.717, 1.165) is 5.56 Å². The van der Waals surface area contributed by atoms with Gasteiger partial charge in [0.2, 0.25) is 0 Å². The third-order valence-corrected chi connectivity index (χ3v) is 6.52. The van der Waals surface area contributed by atoms with Crippen molar-refractivity contribution in [2.75, 3.05) is 31.1 Å². The predicted molar refractivity (Wildman–Crippen MR) is 110 cm³/mol. The molecule has 148 valence electrons. The van der Waals surface area contributed by atoms with E-state index in [2.05, 4.69) is 5.32 Å². The smallest absolute Gasteiger partial charge is 0.270 e. The fourth-order valence-electron chi connectivity index (χ4n) is 3.35. The van der Waals surface area contributed by atoms with Gasteiger partial charge < -0.3 is 10.1 Å². The van der Waals surface area contributed by atoms with E-state index in [1.165, 1.54) is 4.31 Å². The lowest BCUT2D eigenvalue weighted by molar-refractivity contribution is -0.116. The van der Waals surface area contributed by atoms with Crippen LogP contribution in [0, 0.1) is 0 Å². The van der Waals surface area contributed by atoms with Crippen molar-refractivity contribution in [2.45, 2.75) is 13.3 Å². The van der Waals surface area contributed by atoms with Gasteiger partial charge in [0.05, 0.1) is 5.69 Å². The molecule has 0 aliphatic carbocycles. The molecular weight excluding hydrogens is 376 g/mol. The van der Waals surface area contributed by atoms with Crippen molar-refractivity contribution in [3.8, 4) is 0 Å². The molecule has 28 heavy (non-hydrogen) atoms. The summed E-state index contributed by atoms with van der Waals surface area (Å²) in [6.45, 7) is 2.82. The van der Waals surface area contributed by atoms with Gasteiger partial charge in [-0.1, -0.05) is 48.5 Å². The topological polar surface area (TPSA) is 75.7 Å². The molecular formula is C21H24N2O4S. The third-order valence-electron chi connectivity index (χ3n) is 4.58. The molecule has 0 saturated carbocycles. The molecule has 0 unspecified atom stereocenters. The summed E-state index contributed by atoms with van der Waals surface area (Å²) in [6.07, 6.45) is 0.602. The fourth-order valence-corrected chi connectivity index (χ4v) is 5.13. The lowest BCUT2D eigenvalue weighted by Gasteiger charge is -2.32. The highest BCUT2D eigenvalue weighted by Crippen LogP contribution is 2.42. The molecule has 1 heterocycles. The maximum absolute atomic E-state index is 13.4. The Balaban J connectivity index is 2.20. The highest BCUT2D eigenvalue weighted by Gasteiger charge is 2.40. The van der Waals surface area contributed by atoms with Crippen molar-refractivity contribution in [1.29, 1.82) is 0 Å². The van der Waals surface area contributed by atoms with Gasteiger partial charge >= 0.3 is 0 Å². The Morgan fingerprint density at radius 3 is 2.43 bits per heavy atom. The number of amides is 1. The number of nitrogens with zero attached hydrogens (tertiary/aromatic N) is 1. The molecule has 6 nitrogen and oxygen atoms in total. The number of fused-ring (bicyclic) bond motifs is 1. The van der Waals surface area contributed by atoms with Gasteiger partial charge in [0.15, 0.2) is 4.91 Å². The second kappa shape index (κ2) is 8.58. The molecule has 0 fully saturated rings. The molecule has 1 aliphatic rings. The average Bonchev–Trinajstić information content (AvgIpc) is 2.70.